The van der Waals surface area contributed by atoms with Gasteiger partial charge < -0.3 is 19.5 Å². The quantitative estimate of drug-likeness (QED) is 0.875. The Morgan fingerprint density at radius 3 is 2.56 bits per heavy atom. The van der Waals surface area contributed by atoms with Crippen molar-refractivity contribution in [3.05, 3.63) is 30.1 Å². The molecule has 25 heavy (non-hydrogen) atoms. The van der Waals surface area contributed by atoms with Gasteiger partial charge in [0.15, 0.2) is 0 Å². The Balaban J connectivity index is 1.30. The summed E-state index contributed by atoms with van der Waals surface area (Å²) in [5.74, 6) is -0.507. The van der Waals surface area contributed by atoms with Gasteiger partial charge in [-0.15, -0.1) is 0 Å². The molecule has 1 unspecified atom stereocenters. The number of carbonyl (C=O) groups excluding carboxylic acids is 1. The van der Waals surface area contributed by atoms with Gasteiger partial charge in [-0.2, -0.15) is 0 Å². The molecule has 4 aliphatic rings. The van der Waals surface area contributed by atoms with Crippen molar-refractivity contribution in [1.29, 1.82) is 0 Å². The van der Waals surface area contributed by atoms with E-state index in [0.717, 1.165) is 0 Å². The SMILES string of the molecule is O=C(O)C12CC(C(=O)N3CCOC(COc4ccc(F)cc4)C3)(C1)C2. The third-order valence-corrected chi connectivity index (χ3v) is 5.61. The summed E-state index contributed by atoms with van der Waals surface area (Å²) in [6.45, 7) is 1.67. The second kappa shape index (κ2) is 5.69. The Labute approximate surface area is 144 Å². The predicted molar refractivity (Wildman–Crippen MR) is 84.6 cm³/mol. The number of amides is 1. The fourth-order valence-electron chi connectivity index (χ4n) is 4.30. The molecule has 134 valence electrons. The smallest absolute Gasteiger partial charge is 0.309 e. The second-order valence-corrected chi connectivity index (χ2v) is 7.41. The van der Waals surface area contributed by atoms with Crippen molar-refractivity contribution in [3.8, 4) is 5.75 Å². The van der Waals surface area contributed by atoms with Crippen LogP contribution in [0.15, 0.2) is 24.3 Å². The van der Waals surface area contributed by atoms with Crippen LogP contribution in [0.3, 0.4) is 0 Å². The maximum atomic E-state index is 12.9. The lowest BCUT2D eigenvalue weighted by molar-refractivity contribution is -0.228. The maximum absolute atomic E-state index is 12.9. The molecule has 1 aliphatic heterocycles. The minimum atomic E-state index is -0.783. The number of carboxylic acids is 1. The molecule has 5 rings (SSSR count). The summed E-state index contributed by atoms with van der Waals surface area (Å²) in [4.78, 5) is 25.7. The Bertz CT molecular complexity index is 684. The summed E-state index contributed by atoms with van der Waals surface area (Å²) in [6, 6.07) is 5.75. The van der Waals surface area contributed by atoms with Crippen LogP contribution >= 0.6 is 0 Å². The topological polar surface area (TPSA) is 76.1 Å². The van der Waals surface area contributed by atoms with Crippen LogP contribution in [-0.2, 0) is 14.3 Å². The lowest BCUT2D eigenvalue weighted by atomic mass is 9.34. The van der Waals surface area contributed by atoms with Crippen LogP contribution in [0.1, 0.15) is 19.3 Å². The first-order chi connectivity index (χ1) is 11.9. The average molecular weight is 349 g/mol. The number of aliphatic carboxylic acids is 1. The highest BCUT2D eigenvalue weighted by Gasteiger charge is 2.75. The lowest BCUT2D eigenvalue weighted by Crippen LogP contribution is -2.71. The van der Waals surface area contributed by atoms with E-state index >= 15 is 0 Å². The van der Waals surface area contributed by atoms with Gasteiger partial charge in [-0.3, -0.25) is 9.59 Å². The summed E-state index contributed by atoms with van der Waals surface area (Å²) in [5, 5.41) is 9.19. The van der Waals surface area contributed by atoms with Crippen molar-refractivity contribution in [3.63, 3.8) is 0 Å². The average Bonchev–Trinajstić information content (AvgIpc) is 2.51. The number of benzene rings is 1. The summed E-state index contributed by atoms with van der Waals surface area (Å²) < 4.78 is 24.1. The van der Waals surface area contributed by atoms with E-state index in [4.69, 9.17) is 9.47 Å². The summed E-state index contributed by atoms with van der Waals surface area (Å²) in [6.07, 6.45) is 1.14. The zero-order chi connectivity index (χ0) is 17.7. The van der Waals surface area contributed by atoms with Crippen molar-refractivity contribution < 1.29 is 28.6 Å². The molecule has 0 spiro atoms. The summed E-state index contributed by atoms with van der Waals surface area (Å²) >= 11 is 0. The van der Waals surface area contributed by atoms with Gasteiger partial charge in [-0.1, -0.05) is 0 Å². The molecule has 2 bridgehead atoms. The molecule has 1 amide bonds. The number of carboxylic acid groups (broad SMARTS) is 1. The normalized spacial score (nSPS) is 33.2. The number of ether oxygens (including phenoxy) is 2. The van der Waals surface area contributed by atoms with Crippen molar-refractivity contribution in [2.75, 3.05) is 26.3 Å². The minimum absolute atomic E-state index is 0.0470. The fourth-order valence-corrected chi connectivity index (χ4v) is 4.30. The largest absolute Gasteiger partial charge is 0.491 e. The van der Waals surface area contributed by atoms with Gasteiger partial charge in [0.05, 0.1) is 24.0 Å². The first-order valence-electron chi connectivity index (χ1n) is 8.45. The van der Waals surface area contributed by atoms with E-state index in [1.54, 1.807) is 17.0 Å². The highest BCUT2D eigenvalue weighted by Crippen LogP contribution is 2.73. The van der Waals surface area contributed by atoms with E-state index in [1.165, 1.54) is 12.1 Å². The van der Waals surface area contributed by atoms with Crippen LogP contribution in [0, 0.1) is 16.6 Å². The Hall–Kier alpha value is -2.15. The monoisotopic (exact) mass is 349 g/mol. The van der Waals surface area contributed by atoms with Crippen LogP contribution in [0.4, 0.5) is 4.39 Å². The van der Waals surface area contributed by atoms with Crippen LogP contribution in [0.2, 0.25) is 0 Å². The van der Waals surface area contributed by atoms with E-state index in [9.17, 15) is 19.1 Å². The highest BCUT2D eigenvalue weighted by molar-refractivity contribution is 5.93. The molecule has 3 saturated carbocycles. The first-order valence-corrected chi connectivity index (χ1v) is 8.45. The van der Waals surface area contributed by atoms with Crippen molar-refractivity contribution in [2.45, 2.75) is 25.4 Å². The third kappa shape index (κ3) is 2.66. The van der Waals surface area contributed by atoms with E-state index in [-0.39, 0.29) is 24.4 Å². The standard InChI is InChI=1S/C18H20FNO5/c19-12-1-3-13(4-2-12)25-8-14-7-20(5-6-24-14)15(21)17-9-18(10-17,11-17)16(22)23/h1-4,14H,5-11H2,(H,22,23). The molecule has 6 nitrogen and oxygen atoms in total. The van der Waals surface area contributed by atoms with Crippen LogP contribution in [0.5, 0.6) is 5.75 Å². The second-order valence-electron chi connectivity index (χ2n) is 7.41. The van der Waals surface area contributed by atoms with Crippen molar-refractivity contribution in [2.24, 2.45) is 10.8 Å². The van der Waals surface area contributed by atoms with Gasteiger partial charge in [0.2, 0.25) is 5.91 Å². The Morgan fingerprint density at radius 2 is 1.92 bits per heavy atom. The number of rotatable bonds is 5. The molecule has 4 fully saturated rings. The molecule has 1 atom stereocenters. The molecule has 0 aromatic heterocycles. The Morgan fingerprint density at radius 1 is 1.24 bits per heavy atom. The zero-order valence-corrected chi connectivity index (χ0v) is 13.7. The van der Waals surface area contributed by atoms with E-state index < -0.39 is 16.8 Å². The molecular weight excluding hydrogens is 329 g/mol. The van der Waals surface area contributed by atoms with Gasteiger partial charge in [0, 0.05) is 6.54 Å². The van der Waals surface area contributed by atoms with Gasteiger partial charge in [-0.25, -0.2) is 4.39 Å². The summed E-state index contributed by atoms with van der Waals surface area (Å²) in [5.41, 5.74) is -1.11. The number of hydrogen-bond donors (Lipinski definition) is 1. The number of morpholine rings is 1. The first kappa shape index (κ1) is 16.3. The molecule has 1 aromatic carbocycles. The number of halogens is 1. The molecule has 1 saturated heterocycles. The molecule has 1 N–H and O–H groups in total. The summed E-state index contributed by atoms with van der Waals surface area (Å²) in [7, 11) is 0. The molecule has 1 aromatic rings. The predicted octanol–water partition coefficient (Wildman–Crippen LogP) is 1.69. The Kier molecular flexibility index (Phi) is 3.72. The number of hydrogen-bond acceptors (Lipinski definition) is 4. The minimum Gasteiger partial charge on any atom is -0.491 e. The van der Waals surface area contributed by atoms with Gasteiger partial charge >= 0.3 is 5.97 Å². The molecular formula is C18H20FNO5. The molecule has 7 heteroatoms. The third-order valence-electron chi connectivity index (χ3n) is 5.61. The van der Waals surface area contributed by atoms with Gasteiger partial charge in [-0.05, 0) is 43.5 Å². The van der Waals surface area contributed by atoms with Crippen molar-refractivity contribution in [1.82, 2.24) is 4.90 Å². The zero-order valence-electron chi connectivity index (χ0n) is 13.7. The van der Waals surface area contributed by atoms with Crippen molar-refractivity contribution >= 4 is 11.9 Å². The van der Waals surface area contributed by atoms with Gasteiger partial charge in [0.25, 0.3) is 0 Å². The lowest BCUT2D eigenvalue weighted by Gasteiger charge is -2.67. The van der Waals surface area contributed by atoms with E-state index in [2.05, 4.69) is 0 Å². The maximum Gasteiger partial charge on any atom is 0.309 e. The molecule has 3 aliphatic carbocycles. The van der Waals surface area contributed by atoms with E-state index in [0.29, 0.717) is 44.7 Å². The van der Waals surface area contributed by atoms with Crippen LogP contribution in [0.25, 0.3) is 0 Å². The van der Waals surface area contributed by atoms with E-state index in [1.807, 2.05) is 0 Å². The number of nitrogens with zero attached hydrogens (tertiary/aromatic N) is 1. The van der Waals surface area contributed by atoms with Crippen LogP contribution < -0.4 is 4.74 Å². The molecule has 0 radical (unpaired) electrons. The fraction of sp³-hybridized carbons (Fsp3) is 0.556. The number of carbonyl (C=O) groups is 2. The van der Waals surface area contributed by atoms with Crippen LogP contribution in [-0.4, -0.2) is 54.3 Å². The highest BCUT2D eigenvalue weighted by atomic mass is 19.1. The van der Waals surface area contributed by atoms with Gasteiger partial charge in [0.1, 0.15) is 24.3 Å². The molecule has 1 heterocycles.